The van der Waals surface area contributed by atoms with Crippen molar-refractivity contribution >= 4 is 18.4 Å². The van der Waals surface area contributed by atoms with E-state index in [0.29, 0.717) is 6.54 Å². The summed E-state index contributed by atoms with van der Waals surface area (Å²) in [7, 11) is 0. The van der Waals surface area contributed by atoms with E-state index in [1.807, 2.05) is 0 Å². The van der Waals surface area contributed by atoms with Gasteiger partial charge >= 0.3 is 79.4 Å². The average Bonchev–Trinajstić information content (AvgIpc) is 2.32. The van der Waals surface area contributed by atoms with E-state index in [9.17, 15) is 5.11 Å². The molecule has 0 aromatic heterocycles. The second-order valence-electron chi connectivity index (χ2n) is 5.23. The second kappa shape index (κ2) is 3.46. The minimum atomic E-state index is -1.74. The van der Waals surface area contributed by atoms with Crippen molar-refractivity contribution in [2.45, 2.75) is 43.6 Å². The van der Waals surface area contributed by atoms with Crippen molar-refractivity contribution in [1.82, 2.24) is 0 Å². The Hall–Kier alpha value is 0.719. The summed E-state index contributed by atoms with van der Waals surface area (Å²) in [5.41, 5.74) is 5.04. The summed E-state index contributed by atoms with van der Waals surface area (Å²) in [6.45, 7) is 0.450. The topological polar surface area (TPSA) is 46.2 Å². The van der Waals surface area contributed by atoms with Gasteiger partial charge in [0, 0.05) is 0 Å². The molecule has 0 aromatic rings. The van der Waals surface area contributed by atoms with Crippen LogP contribution in [0.4, 0.5) is 0 Å². The second-order valence-corrected chi connectivity index (χ2v) is 21.1. The van der Waals surface area contributed by atoms with Crippen molar-refractivity contribution in [3.63, 3.8) is 0 Å². The molecule has 0 spiro atoms. The summed E-state index contributed by atoms with van der Waals surface area (Å²) in [4.78, 5) is 7.34. The van der Waals surface area contributed by atoms with Crippen LogP contribution in [0.3, 0.4) is 0 Å². The molecule has 1 saturated carbocycles. The van der Waals surface area contributed by atoms with Crippen molar-refractivity contribution in [2.24, 2.45) is 5.73 Å². The molecule has 0 saturated heterocycles. The van der Waals surface area contributed by atoms with Gasteiger partial charge in [0.15, 0.2) is 0 Å². The maximum absolute atomic E-state index is 9.94. The predicted molar refractivity (Wildman–Crippen MR) is 55.0 cm³/mol. The first-order chi connectivity index (χ1) is 5.37. The van der Waals surface area contributed by atoms with E-state index in [2.05, 4.69) is 14.8 Å². The van der Waals surface area contributed by atoms with Crippen molar-refractivity contribution < 1.29 is 5.11 Å². The molecule has 0 aliphatic heterocycles. The normalized spacial score (nSPS) is 37.2. The molecule has 2 atom stereocenters. The van der Waals surface area contributed by atoms with E-state index in [-0.39, 0.29) is 0 Å². The Morgan fingerprint density at radius 1 is 1.50 bits per heavy atom. The Kier molecular flexibility index (Phi) is 3.12. The molecule has 2 nitrogen and oxygen atoms in total. The van der Waals surface area contributed by atoms with Crippen LogP contribution in [0.1, 0.15) is 19.3 Å². The minimum absolute atomic E-state index is 0.450. The van der Waals surface area contributed by atoms with E-state index < -0.39 is 24.0 Å². The first-order valence-corrected chi connectivity index (χ1v) is 15.0. The fraction of sp³-hybridized carbons (Fsp3) is 1.00. The molecule has 0 amide bonds. The van der Waals surface area contributed by atoms with Crippen LogP contribution in [0.15, 0.2) is 0 Å². The first kappa shape index (κ1) is 10.8. The molecule has 0 bridgehead atoms. The van der Waals surface area contributed by atoms with Crippen molar-refractivity contribution in [3.05, 3.63) is 0 Å². The molecule has 3 N–H and O–H groups in total. The number of hydrogen-bond donors (Lipinski definition) is 2. The molecule has 0 radical (unpaired) electrons. The van der Waals surface area contributed by atoms with Gasteiger partial charge in [0.25, 0.3) is 0 Å². The standard InChI is InChI=1S/C6H12NO.3CH3.Sn/c7-5-6(8)3-1-2-4-6;;;;/h1,8H,2-5,7H2;3*1H3;. The zero-order valence-electron chi connectivity index (χ0n) is 8.43. The molecule has 1 aliphatic carbocycles. The summed E-state index contributed by atoms with van der Waals surface area (Å²) < 4.78 is 0.841. The summed E-state index contributed by atoms with van der Waals surface area (Å²) in [6, 6.07) is 0. The van der Waals surface area contributed by atoms with Crippen LogP contribution < -0.4 is 5.73 Å². The fourth-order valence-electron chi connectivity index (χ4n) is 2.03. The van der Waals surface area contributed by atoms with Crippen LogP contribution in [0.25, 0.3) is 0 Å². The van der Waals surface area contributed by atoms with E-state index in [1.165, 1.54) is 6.42 Å². The summed E-state index contributed by atoms with van der Waals surface area (Å²) in [5, 5.41) is 9.94. The average molecular weight is 278 g/mol. The Labute approximate surface area is 79.4 Å². The summed E-state index contributed by atoms with van der Waals surface area (Å²) in [6.07, 6.45) is 3.12. The van der Waals surface area contributed by atoms with Crippen LogP contribution in [0, 0.1) is 0 Å². The molecule has 1 aliphatic rings. The Bertz CT molecular complexity index is 166. The Morgan fingerprint density at radius 3 is 2.33 bits per heavy atom. The summed E-state index contributed by atoms with van der Waals surface area (Å²) >= 11 is -1.74. The van der Waals surface area contributed by atoms with E-state index in [1.54, 1.807) is 0 Å². The predicted octanol–water partition coefficient (Wildman–Crippen LogP) is 1.57. The molecule has 72 valence electrons. The first-order valence-electron chi connectivity index (χ1n) is 4.80. The van der Waals surface area contributed by atoms with Gasteiger partial charge in [0.2, 0.25) is 0 Å². The van der Waals surface area contributed by atoms with Gasteiger partial charge in [-0.05, 0) is 0 Å². The molecule has 0 aromatic carbocycles. The third-order valence-corrected chi connectivity index (χ3v) is 11.6. The maximum atomic E-state index is 9.94. The monoisotopic (exact) mass is 279 g/mol. The van der Waals surface area contributed by atoms with Gasteiger partial charge in [0.05, 0.1) is 0 Å². The van der Waals surface area contributed by atoms with Crippen molar-refractivity contribution in [1.29, 1.82) is 0 Å². The SMILES string of the molecule is [CH3][Sn]([CH3])([CH3])[CH]1CCC(O)(CN)C1. The van der Waals surface area contributed by atoms with Gasteiger partial charge in [0.1, 0.15) is 0 Å². The molecule has 3 heteroatoms. The Morgan fingerprint density at radius 2 is 2.08 bits per heavy atom. The molecular weight excluding hydrogens is 257 g/mol. The molecule has 2 unspecified atom stereocenters. The Balaban J connectivity index is 2.57. The van der Waals surface area contributed by atoms with Crippen molar-refractivity contribution in [2.75, 3.05) is 6.54 Å². The van der Waals surface area contributed by atoms with Gasteiger partial charge in [-0.2, -0.15) is 0 Å². The van der Waals surface area contributed by atoms with Crippen LogP contribution in [-0.2, 0) is 0 Å². The molecular formula is C9H21NOSn. The molecule has 1 rings (SSSR count). The number of nitrogens with two attached hydrogens (primary N) is 1. The van der Waals surface area contributed by atoms with Crippen LogP contribution in [-0.4, -0.2) is 35.6 Å². The van der Waals surface area contributed by atoms with Gasteiger partial charge in [-0.1, -0.05) is 0 Å². The van der Waals surface area contributed by atoms with E-state index in [0.717, 1.165) is 16.8 Å². The van der Waals surface area contributed by atoms with Gasteiger partial charge in [-0.25, -0.2) is 0 Å². The van der Waals surface area contributed by atoms with Gasteiger partial charge < -0.3 is 0 Å². The number of hydrogen-bond acceptors (Lipinski definition) is 2. The third kappa shape index (κ3) is 2.36. The third-order valence-electron chi connectivity index (χ3n) is 3.19. The van der Waals surface area contributed by atoms with Crippen LogP contribution >= 0.6 is 0 Å². The molecule has 0 heterocycles. The zero-order chi connectivity index (χ0) is 9.41. The van der Waals surface area contributed by atoms with Gasteiger partial charge in [-0.3, -0.25) is 0 Å². The number of rotatable bonds is 2. The van der Waals surface area contributed by atoms with Gasteiger partial charge in [-0.15, -0.1) is 0 Å². The van der Waals surface area contributed by atoms with Crippen LogP contribution in [0.2, 0.25) is 18.8 Å². The van der Waals surface area contributed by atoms with E-state index in [4.69, 9.17) is 5.73 Å². The van der Waals surface area contributed by atoms with Crippen molar-refractivity contribution in [3.8, 4) is 0 Å². The molecule has 1 fully saturated rings. The van der Waals surface area contributed by atoms with E-state index >= 15 is 0 Å². The number of aliphatic hydroxyl groups is 1. The summed E-state index contributed by atoms with van der Waals surface area (Å²) in [5.74, 6) is 0. The quantitative estimate of drug-likeness (QED) is 0.753. The molecule has 12 heavy (non-hydrogen) atoms. The fourth-order valence-corrected chi connectivity index (χ4v) is 7.75. The zero-order valence-corrected chi connectivity index (χ0v) is 11.3. The van der Waals surface area contributed by atoms with Crippen LogP contribution in [0.5, 0.6) is 0 Å².